The minimum atomic E-state index is -0.503. The van der Waals surface area contributed by atoms with Crippen molar-refractivity contribution in [3.05, 3.63) is 51.2 Å². The predicted molar refractivity (Wildman–Crippen MR) is 110 cm³/mol. The van der Waals surface area contributed by atoms with E-state index in [2.05, 4.69) is 5.32 Å². The van der Waals surface area contributed by atoms with Crippen molar-refractivity contribution < 1.29 is 9.59 Å². The minimum absolute atomic E-state index is 0.144. The Morgan fingerprint density at radius 3 is 2.56 bits per heavy atom. The molecule has 144 valence electrons. The van der Waals surface area contributed by atoms with Crippen molar-refractivity contribution in [2.45, 2.75) is 44.6 Å². The summed E-state index contributed by atoms with van der Waals surface area (Å²) in [5, 5.41) is 4.91. The Bertz CT molecular complexity index is 823. The van der Waals surface area contributed by atoms with Crippen LogP contribution >= 0.6 is 11.3 Å². The first-order valence-corrected chi connectivity index (χ1v) is 10.3. The molecule has 1 aliphatic carbocycles. The summed E-state index contributed by atoms with van der Waals surface area (Å²) in [5.74, 6) is -0.0558. The highest BCUT2D eigenvalue weighted by atomic mass is 32.1. The molecule has 27 heavy (non-hydrogen) atoms. The summed E-state index contributed by atoms with van der Waals surface area (Å²) < 4.78 is 0. The molecule has 0 spiro atoms. The van der Waals surface area contributed by atoms with Crippen LogP contribution < -0.4 is 11.1 Å². The molecule has 1 aliphatic rings. The number of carbonyl (C=O) groups excluding carboxylic acids is 2. The Morgan fingerprint density at radius 2 is 1.89 bits per heavy atom. The van der Waals surface area contributed by atoms with E-state index in [1.54, 1.807) is 23.5 Å². The zero-order valence-electron chi connectivity index (χ0n) is 16.0. The fourth-order valence-corrected chi connectivity index (χ4v) is 4.65. The smallest absolute Gasteiger partial charge is 0.256 e. The van der Waals surface area contributed by atoms with Crippen molar-refractivity contribution in [2.24, 2.45) is 5.73 Å². The van der Waals surface area contributed by atoms with Crippen molar-refractivity contribution in [1.29, 1.82) is 0 Å². The lowest BCUT2D eigenvalue weighted by atomic mass is 9.88. The number of carbonyl (C=O) groups is 2. The molecule has 1 aromatic heterocycles. The van der Waals surface area contributed by atoms with E-state index in [0.717, 1.165) is 5.56 Å². The molecule has 3 rings (SSSR count). The quantitative estimate of drug-likeness (QED) is 0.782. The van der Waals surface area contributed by atoms with Gasteiger partial charge in [-0.25, -0.2) is 0 Å². The van der Waals surface area contributed by atoms with Crippen molar-refractivity contribution >= 4 is 28.8 Å². The summed E-state index contributed by atoms with van der Waals surface area (Å²) in [4.78, 5) is 27.6. The second-order valence-electron chi connectivity index (χ2n) is 7.50. The van der Waals surface area contributed by atoms with E-state index in [9.17, 15) is 9.59 Å². The number of hydrogen-bond donors (Lipinski definition) is 2. The number of primary amides is 1. The number of nitrogens with two attached hydrogens (primary N) is 1. The summed E-state index contributed by atoms with van der Waals surface area (Å²) in [7, 11) is 3.92. The first-order valence-electron chi connectivity index (χ1n) is 9.41. The van der Waals surface area contributed by atoms with Gasteiger partial charge in [0.15, 0.2) is 0 Å². The molecule has 0 aliphatic heterocycles. The second-order valence-corrected chi connectivity index (χ2v) is 8.44. The topological polar surface area (TPSA) is 75.4 Å². The molecule has 5 nitrogen and oxygen atoms in total. The highest BCUT2D eigenvalue weighted by Gasteiger charge is 2.19. The molecule has 3 N–H and O–H groups in total. The molecule has 0 radical (unpaired) electrons. The first-order chi connectivity index (χ1) is 12.9. The molecule has 6 heteroatoms. The molecular formula is C21H27N3O2S. The first kappa shape index (κ1) is 19.6. The zero-order valence-corrected chi connectivity index (χ0v) is 16.8. The predicted octanol–water partition coefficient (Wildman–Crippen LogP) is 4.21. The molecule has 2 aromatic rings. The summed E-state index contributed by atoms with van der Waals surface area (Å²) in [6.07, 6.45) is 6.31. The van der Waals surface area contributed by atoms with Gasteiger partial charge in [-0.2, -0.15) is 0 Å². The van der Waals surface area contributed by atoms with Crippen LogP contribution in [0.3, 0.4) is 0 Å². The number of rotatable bonds is 6. The van der Waals surface area contributed by atoms with Crippen LogP contribution in [-0.4, -0.2) is 30.8 Å². The maximum absolute atomic E-state index is 12.8. The van der Waals surface area contributed by atoms with Gasteiger partial charge in [0.25, 0.3) is 5.91 Å². The molecule has 1 fully saturated rings. The Morgan fingerprint density at radius 1 is 1.15 bits per heavy atom. The van der Waals surface area contributed by atoms with Gasteiger partial charge in [0, 0.05) is 28.1 Å². The minimum Gasteiger partial charge on any atom is -0.366 e. The fourth-order valence-electron chi connectivity index (χ4n) is 3.59. The van der Waals surface area contributed by atoms with Gasteiger partial charge in [-0.1, -0.05) is 25.3 Å². The van der Waals surface area contributed by atoms with E-state index in [-0.39, 0.29) is 5.91 Å². The van der Waals surface area contributed by atoms with E-state index in [0.29, 0.717) is 29.3 Å². The molecule has 2 amide bonds. The number of nitrogens with one attached hydrogen (secondary N) is 1. The molecule has 1 saturated carbocycles. The second kappa shape index (κ2) is 8.67. The van der Waals surface area contributed by atoms with Crippen molar-refractivity contribution in [1.82, 2.24) is 4.90 Å². The van der Waals surface area contributed by atoms with Gasteiger partial charge in [0.2, 0.25) is 5.91 Å². The van der Waals surface area contributed by atoms with Gasteiger partial charge >= 0.3 is 0 Å². The van der Waals surface area contributed by atoms with Crippen molar-refractivity contribution in [3.8, 4) is 0 Å². The summed E-state index contributed by atoms with van der Waals surface area (Å²) in [6.45, 7) is 0.658. The van der Waals surface area contributed by atoms with E-state index in [1.165, 1.54) is 37.0 Å². The Balaban J connectivity index is 1.79. The van der Waals surface area contributed by atoms with Crippen LogP contribution in [-0.2, 0) is 6.54 Å². The maximum atomic E-state index is 12.8. The number of hydrogen-bond acceptors (Lipinski definition) is 4. The van der Waals surface area contributed by atoms with Gasteiger partial charge < -0.3 is 16.0 Å². The summed E-state index contributed by atoms with van der Waals surface area (Å²) in [5.41, 5.74) is 8.05. The lowest BCUT2D eigenvalue weighted by molar-refractivity contribution is 0.0996. The zero-order chi connectivity index (χ0) is 19.4. The highest BCUT2D eigenvalue weighted by Crippen LogP contribution is 2.36. The van der Waals surface area contributed by atoms with Crippen LogP contribution in [0, 0.1) is 0 Å². The molecule has 0 unspecified atom stereocenters. The number of thiophene rings is 1. The molecule has 1 heterocycles. The average molecular weight is 386 g/mol. The van der Waals surface area contributed by atoms with Crippen molar-refractivity contribution in [3.63, 3.8) is 0 Å². The third-order valence-corrected chi connectivity index (χ3v) is 6.11. The van der Waals surface area contributed by atoms with Crippen molar-refractivity contribution in [2.75, 3.05) is 19.4 Å². The number of benzene rings is 1. The normalized spacial score (nSPS) is 15.1. The van der Waals surface area contributed by atoms with Crippen LogP contribution in [0.5, 0.6) is 0 Å². The molecule has 1 aromatic carbocycles. The fraction of sp³-hybridized carbons (Fsp3) is 0.429. The van der Waals surface area contributed by atoms with Gasteiger partial charge in [-0.05, 0) is 56.6 Å². The van der Waals surface area contributed by atoms with Crippen LogP contribution in [0.2, 0.25) is 0 Å². The largest absolute Gasteiger partial charge is 0.366 e. The standard InChI is InChI=1S/C21H27N3O2S/c1-24(2)12-16-9-8-15(20(22)25)10-18(16)23-21(26)17-11-19(27-13-17)14-6-4-3-5-7-14/h8-11,13-14H,3-7,12H2,1-2H3,(H2,22,25)(H,23,26). The van der Waals surface area contributed by atoms with Gasteiger partial charge in [0.1, 0.15) is 0 Å². The monoisotopic (exact) mass is 385 g/mol. The van der Waals surface area contributed by atoms with Crippen LogP contribution in [0.4, 0.5) is 5.69 Å². The Hall–Kier alpha value is -2.18. The average Bonchev–Trinajstić information content (AvgIpc) is 3.13. The SMILES string of the molecule is CN(C)Cc1ccc(C(N)=O)cc1NC(=O)c1csc(C2CCCCC2)c1. The number of nitrogens with zero attached hydrogens (tertiary/aromatic N) is 1. The Labute approximate surface area is 164 Å². The number of amides is 2. The highest BCUT2D eigenvalue weighted by molar-refractivity contribution is 7.10. The maximum Gasteiger partial charge on any atom is 0.256 e. The molecule has 0 atom stereocenters. The molecule has 0 bridgehead atoms. The lowest BCUT2D eigenvalue weighted by Gasteiger charge is -2.19. The summed E-state index contributed by atoms with van der Waals surface area (Å²) in [6, 6.07) is 7.23. The Kier molecular flexibility index (Phi) is 6.29. The van der Waals surface area contributed by atoms with Crippen LogP contribution in [0.1, 0.15) is 69.2 Å². The molecule has 0 saturated heterocycles. The van der Waals surface area contributed by atoms with E-state index < -0.39 is 5.91 Å². The third kappa shape index (κ3) is 4.96. The third-order valence-electron chi connectivity index (χ3n) is 5.02. The molecular weight excluding hydrogens is 358 g/mol. The number of anilines is 1. The van der Waals surface area contributed by atoms with Gasteiger partial charge in [-0.3, -0.25) is 9.59 Å². The van der Waals surface area contributed by atoms with Gasteiger partial charge in [0.05, 0.1) is 5.56 Å². The van der Waals surface area contributed by atoms with E-state index >= 15 is 0 Å². The van der Waals surface area contributed by atoms with E-state index in [4.69, 9.17) is 5.73 Å². The van der Waals surface area contributed by atoms with Gasteiger partial charge in [-0.15, -0.1) is 11.3 Å². The van der Waals surface area contributed by atoms with Crippen LogP contribution in [0.15, 0.2) is 29.6 Å². The van der Waals surface area contributed by atoms with E-state index in [1.807, 2.05) is 36.5 Å². The summed E-state index contributed by atoms with van der Waals surface area (Å²) >= 11 is 1.67. The van der Waals surface area contributed by atoms with Crippen LogP contribution in [0.25, 0.3) is 0 Å². The lowest BCUT2D eigenvalue weighted by Crippen LogP contribution is -2.18.